The van der Waals surface area contributed by atoms with Gasteiger partial charge in [-0.25, -0.2) is 13.6 Å². The number of alkyl halides is 3. The minimum atomic E-state index is -4.78. The summed E-state index contributed by atoms with van der Waals surface area (Å²) in [4.78, 5) is -0.102. The highest BCUT2D eigenvalue weighted by Gasteiger charge is 2.31. The largest absolute Gasteiger partial charge is 0.573 e. The first-order valence-corrected chi connectivity index (χ1v) is 7.19. The van der Waals surface area contributed by atoms with E-state index in [9.17, 15) is 21.6 Å². The summed E-state index contributed by atoms with van der Waals surface area (Å²) in [6, 6.07) is 10.8. The third-order valence-corrected chi connectivity index (χ3v) is 3.56. The molecule has 2 aromatic carbocycles. The van der Waals surface area contributed by atoms with Gasteiger partial charge in [0.2, 0.25) is 10.0 Å². The summed E-state index contributed by atoms with van der Waals surface area (Å²) in [5, 5.41) is 5.11. The molecular weight excluding hydrogens is 307 g/mol. The van der Waals surface area contributed by atoms with Gasteiger partial charge in [0, 0.05) is 5.56 Å². The van der Waals surface area contributed by atoms with Gasteiger partial charge in [0.25, 0.3) is 0 Å². The van der Waals surface area contributed by atoms with Crippen LogP contribution in [0.5, 0.6) is 5.75 Å². The Bertz CT molecular complexity index is 740. The van der Waals surface area contributed by atoms with Crippen molar-refractivity contribution < 1.29 is 26.3 Å². The fourth-order valence-electron chi connectivity index (χ4n) is 1.79. The molecule has 0 heterocycles. The van der Waals surface area contributed by atoms with Gasteiger partial charge in [-0.2, -0.15) is 0 Å². The lowest BCUT2D eigenvalue weighted by Gasteiger charge is -2.11. The zero-order valence-corrected chi connectivity index (χ0v) is 11.3. The number of benzene rings is 2. The monoisotopic (exact) mass is 317 g/mol. The van der Waals surface area contributed by atoms with E-state index in [-0.39, 0.29) is 10.6 Å². The minimum Gasteiger partial charge on any atom is -0.406 e. The second-order valence-electron chi connectivity index (χ2n) is 4.11. The van der Waals surface area contributed by atoms with Gasteiger partial charge in [-0.1, -0.05) is 30.3 Å². The third kappa shape index (κ3) is 3.96. The van der Waals surface area contributed by atoms with Gasteiger partial charge in [0.05, 0.1) is 4.90 Å². The summed E-state index contributed by atoms with van der Waals surface area (Å²) in [6.45, 7) is 0. The van der Waals surface area contributed by atoms with Crippen molar-refractivity contribution >= 4 is 10.0 Å². The molecule has 0 saturated heterocycles. The zero-order chi connectivity index (χ0) is 15.7. The normalized spacial score (nSPS) is 12.2. The van der Waals surface area contributed by atoms with Crippen LogP contribution in [0.25, 0.3) is 11.1 Å². The molecular formula is C13H10F3NO3S. The van der Waals surface area contributed by atoms with Crippen molar-refractivity contribution in [2.24, 2.45) is 5.14 Å². The molecule has 0 aliphatic rings. The SMILES string of the molecule is NS(=O)(=O)c1ccccc1-c1ccc(OC(F)(F)F)cc1. The molecule has 0 fully saturated rings. The first-order valence-electron chi connectivity index (χ1n) is 5.65. The minimum absolute atomic E-state index is 0.102. The molecule has 0 atom stereocenters. The van der Waals surface area contributed by atoms with Crippen LogP contribution < -0.4 is 9.88 Å². The Morgan fingerprint density at radius 2 is 1.52 bits per heavy atom. The van der Waals surface area contributed by atoms with Gasteiger partial charge in [0.1, 0.15) is 5.75 Å². The summed E-state index contributed by atoms with van der Waals surface area (Å²) >= 11 is 0. The fourth-order valence-corrected chi connectivity index (χ4v) is 2.55. The maximum absolute atomic E-state index is 12.1. The standard InChI is InChI=1S/C13H10F3NO3S/c14-13(15,16)20-10-7-5-9(6-8-10)11-3-1-2-4-12(11)21(17,18)19/h1-8H,(H2,17,18,19). The van der Waals surface area contributed by atoms with Gasteiger partial charge in [-0.15, -0.1) is 13.2 Å². The summed E-state index contributed by atoms with van der Waals surface area (Å²) in [6.07, 6.45) is -4.78. The summed E-state index contributed by atoms with van der Waals surface area (Å²) in [5.41, 5.74) is 0.715. The van der Waals surface area contributed by atoms with E-state index in [0.717, 1.165) is 12.1 Å². The van der Waals surface area contributed by atoms with Crippen molar-refractivity contribution in [3.8, 4) is 16.9 Å². The van der Waals surface area contributed by atoms with E-state index in [1.165, 1.54) is 30.3 Å². The number of primary sulfonamides is 1. The first-order chi connectivity index (χ1) is 9.67. The first kappa shape index (κ1) is 15.3. The van der Waals surface area contributed by atoms with Crippen LogP contribution in [-0.4, -0.2) is 14.8 Å². The van der Waals surface area contributed by atoms with E-state index in [4.69, 9.17) is 5.14 Å². The molecule has 0 amide bonds. The molecule has 0 aromatic heterocycles. The lowest BCUT2D eigenvalue weighted by atomic mass is 10.1. The number of rotatable bonds is 3. The Hall–Kier alpha value is -2.06. The van der Waals surface area contributed by atoms with E-state index >= 15 is 0 Å². The molecule has 2 rings (SSSR count). The molecule has 2 N–H and O–H groups in total. The molecule has 0 bridgehead atoms. The van der Waals surface area contributed by atoms with Crippen LogP contribution in [0, 0.1) is 0 Å². The van der Waals surface area contributed by atoms with Gasteiger partial charge >= 0.3 is 6.36 Å². The lowest BCUT2D eigenvalue weighted by Crippen LogP contribution is -2.17. The van der Waals surface area contributed by atoms with Crippen molar-refractivity contribution in [2.75, 3.05) is 0 Å². The molecule has 0 radical (unpaired) electrons. The molecule has 0 saturated carbocycles. The number of ether oxygens (including phenoxy) is 1. The predicted octanol–water partition coefficient (Wildman–Crippen LogP) is 2.90. The van der Waals surface area contributed by atoms with Gasteiger partial charge in [0.15, 0.2) is 0 Å². The Balaban J connectivity index is 2.41. The maximum Gasteiger partial charge on any atom is 0.573 e. The Morgan fingerprint density at radius 1 is 0.952 bits per heavy atom. The maximum atomic E-state index is 12.1. The van der Waals surface area contributed by atoms with Crippen LogP contribution in [0.1, 0.15) is 0 Å². The van der Waals surface area contributed by atoms with Crippen molar-refractivity contribution in [1.82, 2.24) is 0 Å². The van der Waals surface area contributed by atoms with Crippen molar-refractivity contribution in [1.29, 1.82) is 0 Å². The van der Waals surface area contributed by atoms with Crippen LogP contribution in [0.4, 0.5) is 13.2 Å². The van der Waals surface area contributed by atoms with Crippen molar-refractivity contribution in [3.63, 3.8) is 0 Å². The summed E-state index contributed by atoms with van der Waals surface area (Å²) < 4.78 is 62.9. The van der Waals surface area contributed by atoms with E-state index in [0.29, 0.717) is 11.1 Å². The van der Waals surface area contributed by atoms with Crippen molar-refractivity contribution in [3.05, 3.63) is 48.5 Å². The van der Waals surface area contributed by atoms with Crippen LogP contribution in [0.15, 0.2) is 53.4 Å². The van der Waals surface area contributed by atoms with E-state index in [1.807, 2.05) is 0 Å². The molecule has 2 aromatic rings. The topological polar surface area (TPSA) is 69.4 Å². The highest BCUT2D eigenvalue weighted by Crippen LogP contribution is 2.29. The van der Waals surface area contributed by atoms with Crippen molar-refractivity contribution in [2.45, 2.75) is 11.3 Å². The highest BCUT2D eigenvalue weighted by atomic mass is 32.2. The quantitative estimate of drug-likeness (QED) is 0.946. The Morgan fingerprint density at radius 3 is 2.05 bits per heavy atom. The summed E-state index contributed by atoms with van der Waals surface area (Å²) in [7, 11) is -3.93. The Kier molecular flexibility index (Phi) is 3.93. The number of halogens is 3. The number of sulfonamides is 1. The predicted molar refractivity (Wildman–Crippen MR) is 69.9 cm³/mol. The van der Waals surface area contributed by atoms with E-state index < -0.39 is 16.4 Å². The molecule has 8 heteroatoms. The van der Waals surface area contributed by atoms with Gasteiger partial charge < -0.3 is 4.74 Å². The number of nitrogens with two attached hydrogens (primary N) is 1. The fraction of sp³-hybridized carbons (Fsp3) is 0.0769. The van der Waals surface area contributed by atoms with Crippen LogP contribution in [0.2, 0.25) is 0 Å². The Labute approximate surface area is 119 Å². The summed E-state index contributed by atoms with van der Waals surface area (Å²) in [5.74, 6) is -0.390. The highest BCUT2D eigenvalue weighted by molar-refractivity contribution is 7.89. The number of hydrogen-bond acceptors (Lipinski definition) is 3. The van der Waals surface area contributed by atoms with Gasteiger partial charge in [-0.3, -0.25) is 0 Å². The zero-order valence-electron chi connectivity index (χ0n) is 10.5. The van der Waals surface area contributed by atoms with Crippen LogP contribution in [-0.2, 0) is 10.0 Å². The van der Waals surface area contributed by atoms with Gasteiger partial charge in [-0.05, 0) is 23.8 Å². The lowest BCUT2D eigenvalue weighted by molar-refractivity contribution is -0.274. The number of hydrogen-bond donors (Lipinski definition) is 1. The average molecular weight is 317 g/mol. The molecule has 4 nitrogen and oxygen atoms in total. The van der Waals surface area contributed by atoms with E-state index in [1.54, 1.807) is 6.07 Å². The molecule has 0 aliphatic carbocycles. The molecule has 0 unspecified atom stereocenters. The second kappa shape index (κ2) is 5.38. The molecule has 0 aliphatic heterocycles. The van der Waals surface area contributed by atoms with Crippen LogP contribution >= 0.6 is 0 Å². The average Bonchev–Trinajstić information content (AvgIpc) is 2.37. The molecule has 0 spiro atoms. The van der Waals surface area contributed by atoms with Crippen LogP contribution in [0.3, 0.4) is 0 Å². The molecule has 112 valence electrons. The second-order valence-corrected chi connectivity index (χ2v) is 5.64. The third-order valence-electron chi connectivity index (χ3n) is 2.59. The smallest absolute Gasteiger partial charge is 0.406 e. The molecule has 21 heavy (non-hydrogen) atoms. The van der Waals surface area contributed by atoms with E-state index in [2.05, 4.69) is 4.74 Å².